The van der Waals surface area contributed by atoms with E-state index in [0.29, 0.717) is 18.1 Å². The highest BCUT2D eigenvalue weighted by Gasteiger charge is 2.08. The van der Waals surface area contributed by atoms with Crippen LogP contribution in [0, 0.1) is 0 Å². The number of oxime groups is 1. The average molecular weight is 271 g/mol. The topological polar surface area (TPSA) is 51.0 Å². The maximum Gasteiger partial charge on any atom is 0.128 e. The molecule has 0 aliphatic heterocycles. The average Bonchev–Trinajstić information content (AvgIpc) is 2.52. The van der Waals surface area contributed by atoms with Gasteiger partial charge in [0.1, 0.15) is 18.1 Å². The van der Waals surface area contributed by atoms with E-state index in [9.17, 15) is 0 Å². The summed E-state index contributed by atoms with van der Waals surface area (Å²) in [5.41, 5.74) is 2.24. The molecule has 0 heterocycles. The first-order valence-electron chi connectivity index (χ1n) is 6.29. The Kier molecular flexibility index (Phi) is 4.60. The zero-order valence-electron chi connectivity index (χ0n) is 11.5. The van der Waals surface area contributed by atoms with Gasteiger partial charge in [-0.3, -0.25) is 0 Å². The second kappa shape index (κ2) is 6.61. The van der Waals surface area contributed by atoms with Crippen molar-refractivity contribution in [2.45, 2.75) is 13.5 Å². The van der Waals surface area contributed by atoms with Crippen molar-refractivity contribution in [3.05, 3.63) is 59.7 Å². The van der Waals surface area contributed by atoms with Gasteiger partial charge in [-0.25, -0.2) is 0 Å². The lowest BCUT2D eigenvalue weighted by molar-refractivity contribution is 0.295. The molecule has 2 aromatic rings. The molecule has 0 aliphatic rings. The zero-order valence-corrected chi connectivity index (χ0v) is 11.5. The number of ether oxygens (including phenoxy) is 2. The number of benzene rings is 2. The summed E-state index contributed by atoms with van der Waals surface area (Å²) < 4.78 is 11.1. The molecular formula is C16H17NO3. The monoisotopic (exact) mass is 271 g/mol. The molecular weight excluding hydrogens is 254 g/mol. The molecule has 0 bridgehead atoms. The van der Waals surface area contributed by atoms with Crippen LogP contribution in [-0.4, -0.2) is 18.0 Å². The summed E-state index contributed by atoms with van der Waals surface area (Å²) in [5, 5.41) is 12.1. The Morgan fingerprint density at radius 3 is 2.40 bits per heavy atom. The van der Waals surface area contributed by atoms with E-state index >= 15 is 0 Å². The molecule has 1 N–H and O–H groups in total. The summed E-state index contributed by atoms with van der Waals surface area (Å²) in [6.07, 6.45) is 0. The van der Waals surface area contributed by atoms with Crippen LogP contribution in [0.3, 0.4) is 0 Å². The Balaban J connectivity index is 2.19. The fourth-order valence-electron chi connectivity index (χ4n) is 1.92. The van der Waals surface area contributed by atoms with Gasteiger partial charge in [0.15, 0.2) is 0 Å². The quantitative estimate of drug-likeness (QED) is 0.514. The van der Waals surface area contributed by atoms with Gasteiger partial charge < -0.3 is 14.7 Å². The third-order valence-corrected chi connectivity index (χ3v) is 3.00. The van der Waals surface area contributed by atoms with Gasteiger partial charge in [-0.1, -0.05) is 35.5 Å². The smallest absolute Gasteiger partial charge is 0.128 e. The molecule has 0 saturated heterocycles. The fourth-order valence-corrected chi connectivity index (χ4v) is 1.92. The molecule has 0 spiro atoms. The lowest BCUT2D eigenvalue weighted by Crippen LogP contribution is -2.03. The minimum Gasteiger partial charge on any atom is -0.496 e. The van der Waals surface area contributed by atoms with E-state index in [1.165, 1.54) is 0 Å². The second-order valence-corrected chi connectivity index (χ2v) is 4.28. The Morgan fingerprint density at radius 1 is 1.05 bits per heavy atom. The van der Waals surface area contributed by atoms with Crippen molar-refractivity contribution in [2.24, 2.45) is 5.16 Å². The van der Waals surface area contributed by atoms with Crippen LogP contribution in [0.1, 0.15) is 18.1 Å². The molecule has 4 heteroatoms. The van der Waals surface area contributed by atoms with Gasteiger partial charge in [-0.2, -0.15) is 0 Å². The highest BCUT2D eigenvalue weighted by Crippen LogP contribution is 2.23. The van der Waals surface area contributed by atoms with E-state index in [1.807, 2.05) is 48.5 Å². The number of para-hydroxylation sites is 2. The van der Waals surface area contributed by atoms with Crippen molar-refractivity contribution in [2.75, 3.05) is 7.11 Å². The summed E-state index contributed by atoms with van der Waals surface area (Å²) in [4.78, 5) is 0. The van der Waals surface area contributed by atoms with Gasteiger partial charge in [-0.05, 0) is 25.1 Å². The number of nitrogens with zero attached hydrogens (tertiary/aromatic N) is 1. The van der Waals surface area contributed by atoms with Gasteiger partial charge in [0.2, 0.25) is 0 Å². The molecule has 0 aromatic heterocycles. The summed E-state index contributed by atoms with van der Waals surface area (Å²) in [6.45, 7) is 2.12. The van der Waals surface area contributed by atoms with Gasteiger partial charge in [-0.15, -0.1) is 0 Å². The molecule has 0 radical (unpaired) electrons. The van der Waals surface area contributed by atoms with Crippen molar-refractivity contribution in [3.63, 3.8) is 0 Å². The van der Waals surface area contributed by atoms with Gasteiger partial charge >= 0.3 is 0 Å². The van der Waals surface area contributed by atoms with Crippen LogP contribution < -0.4 is 9.47 Å². The van der Waals surface area contributed by atoms with E-state index < -0.39 is 0 Å². The van der Waals surface area contributed by atoms with E-state index in [1.54, 1.807) is 14.0 Å². The Labute approximate surface area is 118 Å². The van der Waals surface area contributed by atoms with Crippen LogP contribution >= 0.6 is 0 Å². The van der Waals surface area contributed by atoms with Crippen LogP contribution in [-0.2, 0) is 6.61 Å². The predicted octanol–water partition coefficient (Wildman–Crippen LogP) is 3.47. The number of rotatable bonds is 5. The lowest BCUT2D eigenvalue weighted by atomic mass is 10.1. The number of hydrogen-bond acceptors (Lipinski definition) is 4. The van der Waals surface area contributed by atoms with Crippen molar-refractivity contribution in [3.8, 4) is 11.5 Å². The first kappa shape index (κ1) is 13.9. The van der Waals surface area contributed by atoms with Gasteiger partial charge in [0.05, 0.1) is 12.8 Å². The normalized spacial score (nSPS) is 11.2. The highest BCUT2D eigenvalue weighted by molar-refractivity contribution is 6.00. The largest absolute Gasteiger partial charge is 0.496 e. The van der Waals surface area contributed by atoms with Crippen LogP contribution in [0.15, 0.2) is 53.7 Å². The second-order valence-electron chi connectivity index (χ2n) is 4.28. The van der Waals surface area contributed by atoms with E-state index in [4.69, 9.17) is 14.7 Å². The minimum atomic E-state index is 0.389. The van der Waals surface area contributed by atoms with Gasteiger partial charge in [0.25, 0.3) is 0 Å². The number of hydrogen-bond donors (Lipinski definition) is 1. The van der Waals surface area contributed by atoms with E-state index in [2.05, 4.69) is 5.16 Å². The molecule has 0 unspecified atom stereocenters. The maximum absolute atomic E-state index is 8.89. The Hall–Kier alpha value is -2.49. The SMILES string of the molecule is COc1ccccc1COc1ccccc1/C(C)=N/O. The molecule has 104 valence electrons. The molecule has 0 aliphatic carbocycles. The molecule has 0 amide bonds. The van der Waals surface area contributed by atoms with Crippen LogP contribution in [0.25, 0.3) is 0 Å². The van der Waals surface area contributed by atoms with E-state index in [-0.39, 0.29) is 0 Å². The van der Waals surface area contributed by atoms with Crippen LogP contribution in [0.4, 0.5) is 0 Å². The Bertz CT molecular complexity index is 608. The lowest BCUT2D eigenvalue weighted by Gasteiger charge is -2.12. The summed E-state index contributed by atoms with van der Waals surface area (Å²) >= 11 is 0. The fraction of sp³-hybridized carbons (Fsp3) is 0.188. The van der Waals surface area contributed by atoms with Crippen LogP contribution in [0.2, 0.25) is 0 Å². The Morgan fingerprint density at radius 2 is 1.70 bits per heavy atom. The van der Waals surface area contributed by atoms with Crippen molar-refractivity contribution >= 4 is 5.71 Å². The van der Waals surface area contributed by atoms with Gasteiger partial charge in [0, 0.05) is 11.1 Å². The van der Waals surface area contributed by atoms with E-state index in [0.717, 1.165) is 16.9 Å². The maximum atomic E-state index is 8.89. The zero-order chi connectivity index (χ0) is 14.4. The molecule has 0 fully saturated rings. The molecule has 0 saturated carbocycles. The molecule has 2 rings (SSSR count). The summed E-state index contributed by atoms with van der Waals surface area (Å²) in [7, 11) is 1.63. The highest BCUT2D eigenvalue weighted by atomic mass is 16.5. The van der Waals surface area contributed by atoms with Crippen LogP contribution in [0.5, 0.6) is 11.5 Å². The summed E-state index contributed by atoms with van der Waals surface area (Å²) in [6, 6.07) is 15.2. The number of methoxy groups -OCH3 is 1. The minimum absolute atomic E-state index is 0.389. The van der Waals surface area contributed by atoms with Crippen molar-refractivity contribution in [1.29, 1.82) is 0 Å². The first-order valence-corrected chi connectivity index (χ1v) is 6.29. The third kappa shape index (κ3) is 3.09. The molecule has 4 nitrogen and oxygen atoms in total. The first-order chi connectivity index (χ1) is 9.76. The van der Waals surface area contributed by atoms with Crippen molar-refractivity contribution in [1.82, 2.24) is 0 Å². The molecule has 2 aromatic carbocycles. The third-order valence-electron chi connectivity index (χ3n) is 3.00. The summed E-state index contributed by atoms with van der Waals surface area (Å²) in [5.74, 6) is 1.46. The molecule has 20 heavy (non-hydrogen) atoms. The van der Waals surface area contributed by atoms with Crippen molar-refractivity contribution < 1.29 is 14.7 Å². The predicted molar refractivity (Wildman–Crippen MR) is 77.8 cm³/mol. The standard InChI is InChI=1S/C16H17NO3/c1-12(17-18)14-8-4-6-10-16(14)20-11-13-7-3-5-9-15(13)19-2/h3-10,18H,11H2,1-2H3/b17-12+. The molecule has 0 atom stereocenters.